The highest BCUT2D eigenvalue weighted by Gasteiger charge is 2.10. The summed E-state index contributed by atoms with van der Waals surface area (Å²) in [5.41, 5.74) is 10.2. The Morgan fingerprint density at radius 1 is 0.682 bits per heavy atom. The van der Waals surface area contributed by atoms with E-state index in [0.29, 0.717) is 5.56 Å². The summed E-state index contributed by atoms with van der Waals surface area (Å²) in [6.07, 6.45) is 0. The molecule has 0 spiro atoms. The molecule has 0 heterocycles. The van der Waals surface area contributed by atoms with Crippen LogP contribution >= 0.6 is 12.4 Å². The zero-order valence-electron chi connectivity index (χ0n) is 11.9. The van der Waals surface area contributed by atoms with E-state index in [4.69, 9.17) is 5.73 Å². The summed E-state index contributed by atoms with van der Waals surface area (Å²) in [6, 6.07) is 25.7. The summed E-state index contributed by atoms with van der Waals surface area (Å²) < 4.78 is 0. The summed E-state index contributed by atoms with van der Waals surface area (Å²) in [5, 5.41) is 0. The summed E-state index contributed by atoms with van der Waals surface area (Å²) in [4.78, 5) is 11.5. The first-order chi connectivity index (χ1) is 10.3. The third-order valence-corrected chi connectivity index (χ3v) is 3.47. The highest BCUT2D eigenvalue weighted by molar-refractivity contribution is 5.96. The lowest BCUT2D eigenvalue weighted by atomic mass is 9.93. The van der Waals surface area contributed by atoms with Gasteiger partial charge in [0.2, 0.25) is 5.91 Å². The minimum absolute atomic E-state index is 0. The fraction of sp³-hybridized carbons (Fsp3) is 0. The van der Waals surface area contributed by atoms with Crippen LogP contribution in [0, 0.1) is 0 Å². The molecule has 0 saturated heterocycles. The number of rotatable bonds is 3. The third-order valence-electron chi connectivity index (χ3n) is 3.47. The minimum Gasteiger partial charge on any atom is -0.366 e. The molecule has 0 atom stereocenters. The van der Waals surface area contributed by atoms with Gasteiger partial charge in [-0.05, 0) is 34.4 Å². The van der Waals surface area contributed by atoms with E-state index in [1.165, 1.54) is 0 Å². The van der Waals surface area contributed by atoms with E-state index in [0.717, 1.165) is 22.3 Å². The first-order valence-corrected chi connectivity index (χ1v) is 6.80. The van der Waals surface area contributed by atoms with Crippen molar-refractivity contribution in [1.82, 2.24) is 0 Å². The van der Waals surface area contributed by atoms with Gasteiger partial charge in [-0.1, -0.05) is 66.7 Å². The van der Waals surface area contributed by atoms with Gasteiger partial charge in [0.15, 0.2) is 0 Å². The van der Waals surface area contributed by atoms with Gasteiger partial charge in [0.05, 0.1) is 0 Å². The minimum atomic E-state index is -0.410. The number of primary amides is 1. The fourth-order valence-electron chi connectivity index (χ4n) is 2.42. The monoisotopic (exact) mass is 309 g/mol. The molecule has 0 saturated carbocycles. The second-order valence-corrected chi connectivity index (χ2v) is 4.86. The quantitative estimate of drug-likeness (QED) is 0.758. The van der Waals surface area contributed by atoms with E-state index < -0.39 is 5.91 Å². The van der Waals surface area contributed by atoms with Crippen molar-refractivity contribution >= 4 is 18.3 Å². The van der Waals surface area contributed by atoms with Crippen molar-refractivity contribution < 1.29 is 4.79 Å². The Bertz CT molecular complexity index is 770. The number of carbonyl (C=O) groups is 1. The van der Waals surface area contributed by atoms with Crippen LogP contribution in [0.4, 0.5) is 0 Å². The number of nitrogens with two attached hydrogens (primary N) is 1. The van der Waals surface area contributed by atoms with Crippen LogP contribution in [0.5, 0.6) is 0 Å². The van der Waals surface area contributed by atoms with Crippen LogP contribution in [0.1, 0.15) is 10.4 Å². The Morgan fingerprint density at radius 3 is 1.68 bits per heavy atom. The predicted molar refractivity (Wildman–Crippen MR) is 93.1 cm³/mol. The molecule has 3 aromatic rings. The summed E-state index contributed by atoms with van der Waals surface area (Å²) in [6.45, 7) is 0. The van der Waals surface area contributed by atoms with Gasteiger partial charge in [0.25, 0.3) is 0 Å². The Hall–Kier alpha value is -2.58. The molecule has 3 rings (SSSR count). The number of hydrogen-bond donors (Lipinski definition) is 1. The molecule has 0 aliphatic rings. The second-order valence-electron chi connectivity index (χ2n) is 4.86. The lowest BCUT2D eigenvalue weighted by Crippen LogP contribution is -2.10. The first-order valence-electron chi connectivity index (χ1n) is 6.80. The molecule has 0 fully saturated rings. The van der Waals surface area contributed by atoms with E-state index in [1.54, 1.807) is 6.07 Å². The molecular formula is C19H16ClNO. The highest BCUT2D eigenvalue weighted by Crippen LogP contribution is 2.32. The first kappa shape index (κ1) is 15.8. The van der Waals surface area contributed by atoms with Crippen LogP contribution in [0.15, 0.2) is 78.9 Å². The molecule has 0 aromatic heterocycles. The van der Waals surface area contributed by atoms with Gasteiger partial charge in [-0.3, -0.25) is 4.79 Å². The van der Waals surface area contributed by atoms with E-state index in [1.807, 2.05) is 60.7 Å². The fourth-order valence-corrected chi connectivity index (χ4v) is 2.42. The molecule has 2 nitrogen and oxygen atoms in total. The molecule has 0 aliphatic carbocycles. The van der Waals surface area contributed by atoms with E-state index >= 15 is 0 Å². The molecule has 0 aliphatic heterocycles. The molecular weight excluding hydrogens is 294 g/mol. The number of halogens is 1. The largest absolute Gasteiger partial charge is 0.366 e. The smallest absolute Gasteiger partial charge is 0.248 e. The average Bonchev–Trinajstić information content (AvgIpc) is 2.56. The molecule has 0 bridgehead atoms. The van der Waals surface area contributed by atoms with Crippen LogP contribution in [0.25, 0.3) is 22.3 Å². The number of amides is 1. The zero-order valence-corrected chi connectivity index (χ0v) is 12.7. The predicted octanol–water partition coefficient (Wildman–Crippen LogP) is 4.54. The molecule has 3 aromatic carbocycles. The summed E-state index contributed by atoms with van der Waals surface area (Å²) in [7, 11) is 0. The Balaban J connectivity index is 0.00000176. The lowest BCUT2D eigenvalue weighted by molar-refractivity contribution is 0.100. The SMILES string of the molecule is Cl.NC(=O)c1ccc(-c2ccccc2)c(-c2ccccc2)c1. The maximum Gasteiger partial charge on any atom is 0.248 e. The van der Waals surface area contributed by atoms with Gasteiger partial charge >= 0.3 is 0 Å². The van der Waals surface area contributed by atoms with Crippen molar-refractivity contribution in [2.45, 2.75) is 0 Å². The van der Waals surface area contributed by atoms with Crippen LogP contribution in [-0.4, -0.2) is 5.91 Å². The topological polar surface area (TPSA) is 43.1 Å². The van der Waals surface area contributed by atoms with Crippen molar-refractivity contribution in [1.29, 1.82) is 0 Å². The molecule has 0 radical (unpaired) electrons. The van der Waals surface area contributed by atoms with Crippen LogP contribution in [0.2, 0.25) is 0 Å². The van der Waals surface area contributed by atoms with Gasteiger partial charge in [-0.15, -0.1) is 12.4 Å². The standard InChI is InChI=1S/C19H15NO.ClH/c20-19(21)16-11-12-17(14-7-3-1-4-8-14)18(13-16)15-9-5-2-6-10-15;/h1-13H,(H2,20,21);1H. The average molecular weight is 310 g/mol. The molecule has 3 heteroatoms. The third kappa shape index (κ3) is 3.18. The van der Waals surface area contributed by atoms with E-state index in [2.05, 4.69) is 12.1 Å². The lowest BCUT2D eigenvalue weighted by Gasteiger charge is -2.11. The van der Waals surface area contributed by atoms with Gasteiger partial charge in [-0.25, -0.2) is 0 Å². The van der Waals surface area contributed by atoms with E-state index in [9.17, 15) is 4.79 Å². The summed E-state index contributed by atoms with van der Waals surface area (Å²) >= 11 is 0. The van der Waals surface area contributed by atoms with Crippen molar-refractivity contribution in [3.63, 3.8) is 0 Å². The van der Waals surface area contributed by atoms with Crippen molar-refractivity contribution in [2.24, 2.45) is 5.73 Å². The maximum atomic E-state index is 11.5. The van der Waals surface area contributed by atoms with Crippen molar-refractivity contribution in [3.05, 3.63) is 84.4 Å². The molecule has 0 unspecified atom stereocenters. The molecule has 1 amide bonds. The number of benzene rings is 3. The number of hydrogen-bond acceptors (Lipinski definition) is 1. The van der Waals surface area contributed by atoms with Crippen LogP contribution in [-0.2, 0) is 0 Å². The zero-order chi connectivity index (χ0) is 14.7. The Morgan fingerprint density at radius 2 is 1.18 bits per heavy atom. The van der Waals surface area contributed by atoms with E-state index in [-0.39, 0.29) is 12.4 Å². The van der Waals surface area contributed by atoms with Crippen molar-refractivity contribution in [2.75, 3.05) is 0 Å². The summed E-state index contributed by atoms with van der Waals surface area (Å²) in [5.74, 6) is -0.410. The molecule has 22 heavy (non-hydrogen) atoms. The number of carbonyl (C=O) groups excluding carboxylic acids is 1. The van der Waals surface area contributed by atoms with Gasteiger partial charge in [0, 0.05) is 5.56 Å². The van der Waals surface area contributed by atoms with Crippen molar-refractivity contribution in [3.8, 4) is 22.3 Å². The van der Waals surface area contributed by atoms with Gasteiger partial charge < -0.3 is 5.73 Å². The van der Waals surface area contributed by atoms with Crippen LogP contribution in [0.3, 0.4) is 0 Å². The van der Waals surface area contributed by atoms with Gasteiger partial charge in [0.1, 0.15) is 0 Å². The normalized spacial score (nSPS) is 9.82. The highest BCUT2D eigenvalue weighted by atomic mass is 35.5. The second kappa shape index (κ2) is 6.92. The molecule has 110 valence electrons. The molecule has 2 N–H and O–H groups in total. The Kier molecular flexibility index (Phi) is 4.97. The van der Waals surface area contributed by atoms with Crippen LogP contribution < -0.4 is 5.73 Å². The maximum absolute atomic E-state index is 11.5. The van der Waals surface area contributed by atoms with Gasteiger partial charge in [-0.2, -0.15) is 0 Å². The Labute approximate surface area is 136 Å².